The highest BCUT2D eigenvalue weighted by atomic mass is 79.9. The van der Waals surface area contributed by atoms with E-state index in [2.05, 4.69) is 82.6 Å². The third kappa shape index (κ3) is 3.84. The van der Waals surface area contributed by atoms with Crippen molar-refractivity contribution in [3.8, 4) is 0 Å². The molecule has 0 atom stereocenters. The van der Waals surface area contributed by atoms with Gasteiger partial charge < -0.3 is 10.2 Å². The molecule has 0 saturated carbocycles. The van der Waals surface area contributed by atoms with Crippen LogP contribution >= 0.6 is 15.9 Å². The van der Waals surface area contributed by atoms with Crippen molar-refractivity contribution in [3.63, 3.8) is 0 Å². The number of anilines is 1. The molecule has 0 spiro atoms. The second kappa shape index (κ2) is 6.91. The maximum absolute atomic E-state index is 3.47. The maximum atomic E-state index is 3.47. The number of aryl methyl sites for hydroxylation is 1. The first-order chi connectivity index (χ1) is 9.60. The molecule has 0 amide bonds. The highest BCUT2D eigenvalue weighted by Crippen LogP contribution is 2.22. The first kappa shape index (κ1) is 15.1. The van der Waals surface area contributed by atoms with Gasteiger partial charge >= 0.3 is 0 Å². The Balaban J connectivity index is 2.12. The van der Waals surface area contributed by atoms with E-state index in [1.807, 2.05) is 7.05 Å². The van der Waals surface area contributed by atoms with Crippen LogP contribution in [0.15, 0.2) is 46.9 Å². The van der Waals surface area contributed by atoms with Gasteiger partial charge in [-0.25, -0.2) is 0 Å². The van der Waals surface area contributed by atoms with Crippen LogP contribution in [0.2, 0.25) is 0 Å². The summed E-state index contributed by atoms with van der Waals surface area (Å²) in [5, 5.41) is 3.19. The zero-order valence-corrected chi connectivity index (χ0v) is 13.9. The molecule has 0 aliphatic rings. The van der Waals surface area contributed by atoms with Crippen molar-refractivity contribution in [2.24, 2.45) is 0 Å². The predicted molar refractivity (Wildman–Crippen MR) is 90.2 cm³/mol. The molecule has 2 nitrogen and oxygen atoms in total. The minimum atomic E-state index is 0.914. The van der Waals surface area contributed by atoms with Crippen molar-refractivity contribution < 1.29 is 0 Å². The molecule has 2 aromatic carbocycles. The summed E-state index contributed by atoms with van der Waals surface area (Å²) >= 11 is 3.47. The smallest absolute Gasteiger partial charge is 0.0426 e. The third-order valence-electron chi connectivity index (χ3n) is 3.39. The average molecular weight is 333 g/mol. The van der Waals surface area contributed by atoms with Crippen LogP contribution in [0.3, 0.4) is 0 Å². The van der Waals surface area contributed by atoms with Gasteiger partial charge in [0.05, 0.1) is 0 Å². The van der Waals surface area contributed by atoms with Crippen LogP contribution in [0.25, 0.3) is 0 Å². The number of hydrogen-bond donors (Lipinski definition) is 1. The van der Waals surface area contributed by atoms with E-state index in [-0.39, 0.29) is 0 Å². The van der Waals surface area contributed by atoms with E-state index in [4.69, 9.17) is 0 Å². The van der Waals surface area contributed by atoms with Crippen LogP contribution < -0.4 is 10.2 Å². The first-order valence-corrected chi connectivity index (χ1v) is 7.59. The molecule has 0 heterocycles. The first-order valence-electron chi connectivity index (χ1n) is 6.80. The molecule has 106 valence electrons. The molecular weight excluding hydrogens is 312 g/mol. The van der Waals surface area contributed by atoms with Crippen molar-refractivity contribution in [2.75, 3.05) is 19.0 Å². The van der Waals surface area contributed by atoms with Crippen LogP contribution in [-0.4, -0.2) is 14.1 Å². The Morgan fingerprint density at radius 1 is 1.05 bits per heavy atom. The summed E-state index contributed by atoms with van der Waals surface area (Å²) in [4.78, 5) is 2.29. The molecule has 2 rings (SSSR count). The third-order valence-corrected chi connectivity index (χ3v) is 3.92. The fourth-order valence-electron chi connectivity index (χ4n) is 2.41. The molecule has 0 radical (unpaired) electrons. The monoisotopic (exact) mass is 332 g/mol. The number of halogens is 1. The van der Waals surface area contributed by atoms with Gasteiger partial charge in [0.1, 0.15) is 0 Å². The van der Waals surface area contributed by atoms with E-state index >= 15 is 0 Å². The summed E-state index contributed by atoms with van der Waals surface area (Å²) in [6, 6.07) is 15.1. The van der Waals surface area contributed by atoms with Crippen molar-refractivity contribution >= 4 is 21.6 Å². The van der Waals surface area contributed by atoms with E-state index < -0.39 is 0 Å². The van der Waals surface area contributed by atoms with Crippen molar-refractivity contribution in [1.82, 2.24) is 5.32 Å². The standard InChI is InChI=1S/C17H21BrN2/c1-13-10-15(11-19-2)6-9-17(13)20(3)12-14-4-7-16(18)8-5-14/h4-10,19H,11-12H2,1-3H3. The van der Waals surface area contributed by atoms with Crippen LogP contribution in [0.5, 0.6) is 0 Å². The molecule has 0 fully saturated rings. The van der Waals surface area contributed by atoms with E-state index in [1.165, 1.54) is 22.4 Å². The molecule has 1 N–H and O–H groups in total. The Kier molecular flexibility index (Phi) is 5.21. The quantitative estimate of drug-likeness (QED) is 0.886. The summed E-state index contributed by atoms with van der Waals surface area (Å²) in [6.45, 7) is 4.00. The van der Waals surface area contributed by atoms with Gasteiger partial charge in [-0.15, -0.1) is 0 Å². The SMILES string of the molecule is CNCc1ccc(N(C)Cc2ccc(Br)cc2)c(C)c1. The highest BCUT2D eigenvalue weighted by molar-refractivity contribution is 9.10. The highest BCUT2D eigenvalue weighted by Gasteiger charge is 2.06. The summed E-state index contributed by atoms with van der Waals surface area (Å²) in [5.41, 5.74) is 5.24. The Labute approximate surface area is 129 Å². The summed E-state index contributed by atoms with van der Waals surface area (Å²) in [6.07, 6.45) is 0. The fourth-order valence-corrected chi connectivity index (χ4v) is 2.67. The average Bonchev–Trinajstić information content (AvgIpc) is 2.42. The predicted octanol–water partition coefficient (Wildman–Crippen LogP) is 4.11. The molecule has 0 aliphatic carbocycles. The minimum Gasteiger partial charge on any atom is -0.370 e. The fraction of sp³-hybridized carbons (Fsp3) is 0.294. The van der Waals surface area contributed by atoms with Gasteiger partial charge in [-0.05, 0) is 48.9 Å². The van der Waals surface area contributed by atoms with Gasteiger partial charge in [0.2, 0.25) is 0 Å². The zero-order valence-electron chi connectivity index (χ0n) is 12.3. The van der Waals surface area contributed by atoms with E-state index in [1.54, 1.807) is 0 Å². The Hall–Kier alpha value is -1.32. The Bertz CT molecular complexity index is 564. The van der Waals surface area contributed by atoms with E-state index in [0.29, 0.717) is 0 Å². The van der Waals surface area contributed by atoms with Crippen molar-refractivity contribution in [3.05, 3.63) is 63.6 Å². The van der Waals surface area contributed by atoms with Gasteiger partial charge in [0.25, 0.3) is 0 Å². The Morgan fingerprint density at radius 2 is 1.70 bits per heavy atom. The van der Waals surface area contributed by atoms with Gasteiger partial charge in [-0.3, -0.25) is 0 Å². The molecule has 0 aromatic heterocycles. The molecule has 0 unspecified atom stereocenters. The van der Waals surface area contributed by atoms with Crippen LogP contribution in [0.1, 0.15) is 16.7 Å². The molecule has 0 aliphatic heterocycles. The number of rotatable bonds is 5. The topological polar surface area (TPSA) is 15.3 Å². The Morgan fingerprint density at radius 3 is 2.30 bits per heavy atom. The molecule has 0 saturated heterocycles. The largest absolute Gasteiger partial charge is 0.370 e. The second-order valence-electron chi connectivity index (χ2n) is 5.13. The van der Waals surface area contributed by atoms with Crippen LogP contribution in [0, 0.1) is 6.92 Å². The summed E-state index contributed by atoms with van der Waals surface area (Å²) in [5.74, 6) is 0. The van der Waals surface area contributed by atoms with Gasteiger partial charge in [-0.1, -0.05) is 40.2 Å². The van der Waals surface area contributed by atoms with Crippen LogP contribution in [0.4, 0.5) is 5.69 Å². The molecule has 2 aromatic rings. The number of nitrogens with one attached hydrogen (secondary N) is 1. The van der Waals surface area contributed by atoms with E-state index in [0.717, 1.165) is 17.6 Å². The number of benzene rings is 2. The lowest BCUT2D eigenvalue weighted by atomic mass is 10.1. The lowest BCUT2D eigenvalue weighted by Gasteiger charge is -2.22. The normalized spacial score (nSPS) is 10.6. The molecular formula is C17H21BrN2. The summed E-state index contributed by atoms with van der Waals surface area (Å²) in [7, 11) is 4.12. The summed E-state index contributed by atoms with van der Waals surface area (Å²) < 4.78 is 1.12. The maximum Gasteiger partial charge on any atom is 0.0426 e. The lowest BCUT2D eigenvalue weighted by molar-refractivity contribution is 0.815. The van der Waals surface area contributed by atoms with Gasteiger partial charge in [0, 0.05) is 30.3 Å². The van der Waals surface area contributed by atoms with Crippen molar-refractivity contribution in [2.45, 2.75) is 20.0 Å². The minimum absolute atomic E-state index is 0.914. The van der Waals surface area contributed by atoms with Crippen molar-refractivity contribution in [1.29, 1.82) is 0 Å². The van der Waals surface area contributed by atoms with E-state index in [9.17, 15) is 0 Å². The molecule has 20 heavy (non-hydrogen) atoms. The lowest BCUT2D eigenvalue weighted by Crippen LogP contribution is -2.17. The second-order valence-corrected chi connectivity index (χ2v) is 6.05. The molecule has 0 bridgehead atoms. The molecule has 3 heteroatoms. The number of nitrogens with zero attached hydrogens (tertiary/aromatic N) is 1. The van der Waals surface area contributed by atoms with Gasteiger partial charge in [0.15, 0.2) is 0 Å². The van der Waals surface area contributed by atoms with Crippen LogP contribution in [-0.2, 0) is 13.1 Å². The zero-order chi connectivity index (χ0) is 14.5. The number of hydrogen-bond acceptors (Lipinski definition) is 2. The van der Waals surface area contributed by atoms with Gasteiger partial charge in [-0.2, -0.15) is 0 Å².